The standard InChI is InChI=1S/C17H23N3O2S/c1-4-6-11-20(5-2)17(21)14-9-7-8-10-15(14)23-12-16-18-13(3)19-22-16/h7-10H,4-6,11-12H2,1-3H3. The van der Waals surface area contributed by atoms with Crippen molar-refractivity contribution in [3.05, 3.63) is 41.5 Å². The zero-order valence-corrected chi connectivity index (χ0v) is 14.7. The van der Waals surface area contributed by atoms with Crippen LogP contribution in [0.3, 0.4) is 0 Å². The van der Waals surface area contributed by atoms with Crippen LogP contribution in [0, 0.1) is 6.92 Å². The molecule has 2 aromatic rings. The lowest BCUT2D eigenvalue weighted by molar-refractivity contribution is 0.0759. The highest BCUT2D eigenvalue weighted by molar-refractivity contribution is 7.98. The highest BCUT2D eigenvalue weighted by Gasteiger charge is 2.17. The van der Waals surface area contributed by atoms with Gasteiger partial charge in [0.2, 0.25) is 5.89 Å². The highest BCUT2D eigenvalue weighted by atomic mass is 32.2. The molecular formula is C17H23N3O2S. The van der Waals surface area contributed by atoms with E-state index in [9.17, 15) is 4.79 Å². The Morgan fingerprint density at radius 1 is 1.30 bits per heavy atom. The number of amides is 1. The quantitative estimate of drug-likeness (QED) is 0.685. The summed E-state index contributed by atoms with van der Waals surface area (Å²) in [5.74, 6) is 1.85. The van der Waals surface area contributed by atoms with Crippen LogP contribution in [0.4, 0.5) is 0 Å². The predicted molar refractivity (Wildman–Crippen MR) is 91.5 cm³/mol. The third kappa shape index (κ3) is 4.82. The molecule has 0 aliphatic heterocycles. The maximum absolute atomic E-state index is 12.8. The van der Waals surface area contributed by atoms with Crippen molar-refractivity contribution in [3.63, 3.8) is 0 Å². The number of rotatable bonds is 8. The van der Waals surface area contributed by atoms with Crippen molar-refractivity contribution in [1.29, 1.82) is 0 Å². The van der Waals surface area contributed by atoms with Crippen LogP contribution in [-0.2, 0) is 5.75 Å². The number of carbonyl (C=O) groups is 1. The number of unbranched alkanes of at least 4 members (excludes halogenated alkanes) is 1. The lowest BCUT2D eigenvalue weighted by atomic mass is 10.2. The van der Waals surface area contributed by atoms with Crippen LogP contribution in [0.15, 0.2) is 33.7 Å². The molecule has 23 heavy (non-hydrogen) atoms. The third-order valence-electron chi connectivity index (χ3n) is 3.49. The monoisotopic (exact) mass is 333 g/mol. The maximum atomic E-state index is 12.8. The van der Waals surface area contributed by atoms with E-state index in [1.54, 1.807) is 18.7 Å². The van der Waals surface area contributed by atoms with E-state index in [0.29, 0.717) is 17.5 Å². The van der Waals surface area contributed by atoms with E-state index in [1.807, 2.05) is 36.1 Å². The molecule has 124 valence electrons. The Morgan fingerprint density at radius 3 is 2.74 bits per heavy atom. The summed E-state index contributed by atoms with van der Waals surface area (Å²) in [6.45, 7) is 7.47. The molecule has 0 spiro atoms. The Labute approximate surface area is 141 Å². The second-order valence-corrected chi connectivity index (χ2v) is 6.28. The van der Waals surface area contributed by atoms with Gasteiger partial charge >= 0.3 is 0 Å². The summed E-state index contributed by atoms with van der Waals surface area (Å²) in [6, 6.07) is 7.70. The topological polar surface area (TPSA) is 59.2 Å². The zero-order valence-electron chi connectivity index (χ0n) is 13.9. The number of aromatic nitrogens is 2. The van der Waals surface area contributed by atoms with Crippen molar-refractivity contribution in [2.45, 2.75) is 44.3 Å². The molecule has 5 nitrogen and oxygen atoms in total. The molecule has 0 saturated heterocycles. The number of nitrogens with zero attached hydrogens (tertiary/aromatic N) is 3. The fourth-order valence-corrected chi connectivity index (χ4v) is 3.11. The highest BCUT2D eigenvalue weighted by Crippen LogP contribution is 2.26. The second kappa shape index (κ2) is 8.72. The summed E-state index contributed by atoms with van der Waals surface area (Å²) in [7, 11) is 0. The summed E-state index contributed by atoms with van der Waals surface area (Å²) >= 11 is 1.55. The Kier molecular flexibility index (Phi) is 6.65. The van der Waals surface area contributed by atoms with Gasteiger partial charge in [-0.15, -0.1) is 11.8 Å². The maximum Gasteiger partial charge on any atom is 0.254 e. The van der Waals surface area contributed by atoms with Gasteiger partial charge in [0.15, 0.2) is 5.82 Å². The zero-order chi connectivity index (χ0) is 16.7. The molecule has 1 aromatic heterocycles. The van der Waals surface area contributed by atoms with Crippen LogP contribution in [-0.4, -0.2) is 34.0 Å². The minimum atomic E-state index is 0.0887. The molecule has 2 rings (SSSR count). The van der Waals surface area contributed by atoms with E-state index < -0.39 is 0 Å². The minimum absolute atomic E-state index is 0.0887. The van der Waals surface area contributed by atoms with Gasteiger partial charge in [-0.1, -0.05) is 30.6 Å². The summed E-state index contributed by atoms with van der Waals surface area (Å²) in [6.07, 6.45) is 2.10. The molecule has 0 saturated carbocycles. The molecule has 1 aromatic carbocycles. The van der Waals surface area contributed by atoms with Crippen molar-refractivity contribution in [1.82, 2.24) is 15.0 Å². The summed E-state index contributed by atoms with van der Waals surface area (Å²) in [4.78, 5) is 19.8. The van der Waals surface area contributed by atoms with E-state index in [4.69, 9.17) is 4.52 Å². The average Bonchev–Trinajstić information content (AvgIpc) is 2.99. The Bertz CT molecular complexity index is 642. The SMILES string of the molecule is CCCCN(CC)C(=O)c1ccccc1SCc1nc(C)no1. The van der Waals surface area contributed by atoms with Crippen LogP contribution in [0.1, 0.15) is 48.8 Å². The number of aryl methyl sites for hydroxylation is 1. The smallest absolute Gasteiger partial charge is 0.254 e. The van der Waals surface area contributed by atoms with Gasteiger partial charge in [-0.25, -0.2) is 0 Å². The van der Waals surface area contributed by atoms with Gasteiger partial charge in [0.1, 0.15) is 0 Å². The fourth-order valence-electron chi connectivity index (χ4n) is 2.23. The van der Waals surface area contributed by atoms with E-state index in [1.165, 1.54) is 0 Å². The molecule has 0 fully saturated rings. The molecule has 0 aliphatic carbocycles. The lowest BCUT2D eigenvalue weighted by Gasteiger charge is -2.21. The number of hydrogen-bond donors (Lipinski definition) is 0. The molecule has 0 bridgehead atoms. The second-order valence-electron chi connectivity index (χ2n) is 5.26. The van der Waals surface area contributed by atoms with Crippen molar-refractivity contribution in [3.8, 4) is 0 Å². The molecule has 0 unspecified atom stereocenters. The van der Waals surface area contributed by atoms with Crippen molar-refractivity contribution in [2.24, 2.45) is 0 Å². The molecule has 1 amide bonds. The minimum Gasteiger partial charge on any atom is -0.339 e. The number of thioether (sulfide) groups is 1. The van der Waals surface area contributed by atoms with Crippen LogP contribution in [0.2, 0.25) is 0 Å². The van der Waals surface area contributed by atoms with E-state index in [0.717, 1.165) is 36.4 Å². The van der Waals surface area contributed by atoms with Gasteiger partial charge in [0.05, 0.1) is 11.3 Å². The number of benzene rings is 1. The summed E-state index contributed by atoms with van der Waals surface area (Å²) < 4.78 is 5.13. The summed E-state index contributed by atoms with van der Waals surface area (Å²) in [5, 5.41) is 3.79. The first kappa shape index (κ1) is 17.5. The van der Waals surface area contributed by atoms with Gasteiger partial charge in [0.25, 0.3) is 5.91 Å². The lowest BCUT2D eigenvalue weighted by Crippen LogP contribution is -2.32. The van der Waals surface area contributed by atoms with Gasteiger partial charge in [-0.3, -0.25) is 4.79 Å². The Hall–Kier alpha value is -1.82. The van der Waals surface area contributed by atoms with Gasteiger partial charge in [0, 0.05) is 18.0 Å². The molecule has 0 N–H and O–H groups in total. The normalized spacial score (nSPS) is 10.7. The number of carbonyl (C=O) groups excluding carboxylic acids is 1. The molecule has 1 heterocycles. The first-order valence-electron chi connectivity index (χ1n) is 7.96. The number of hydrogen-bond acceptors (Lipinski definition) is 5. The molecule has 0 radical (unpaired) electrons. The first-order chi connectivity index (χ1) is 11.2. The molecule has 0 aliphatic rings. The average molecular weight is 333 g/mol. The summed E-state index contributed by atoms with van der Waals surface area (Å²) in [5.41, 5.74) is 0.742. The Morgan fingerprint density at radius 2 is 2.09 bits per heavy atom. The van der Waals surface area contributed by atoms with Crippen LogP contribution in [0.25, 0.3) is 0 Å². The first-order valence-corrected chi connectivity index (χ1v) is 8.94. The molecular weight excluding hydrogens is 310 g/mol. The third-order valence-corrected chi connectivity index (χ3v) is 4.55. The van der Waals surface area contributed by atoms with Gasteiger partial charge in [-0.2, -0.15) is 4.98 Å². The Balaban J connectivity index is 2.10. The van der Waals surface area contributed by atoms with Crippen LogP contribution < -0.4 is 0 Å². The van der Waals surface area contributed by atoms with E-state index >= 15 is 0 Å². The van der Waals surface area contributed by atoms with Crippen molar-refractivity contribution < 1.29 is 9.32 Å². The fraction of sp³-hybridized carbons (Fsp3) is 0.471. The molecule has 6 heteroatoms. The predicted octanol–water partition coefficient (Wildman–Crippen LogP) is 3.93. The van der Waals surface area contributed by atoms with Gasteiger partial charge < -0.3 is 9.42 Å². The van der Waals surface area contributed by atoms with Crippen molar-refractivity contribution >= 4 is 17.7 Å². The van der Waals surface area contributed by atoms with E-state index in [2.05, 4.69) is 17.1 Å². The largest absolute Gasteiger partial charge is 0.339 e. The van der Waals surface area contributed by atoms with Gasteiger partial charge in [-0.05, 0) is 32.4 Å². The van der Waals surface area contributed by atoms with Crippen molar-refractivity contribution in [2.75, 3.05) is 13.1 Å². The van der Waals surface area contributed by atoms with E-state index in [-0.39, 0.29) is 5.91 Å². The van der Waals surface area contributed by atoms with Crippen LogP contribution in [0.5, 0.6) is 0 Å². The van der Waals surface area contributed by atoms with Crippen LogP contribution >= 0.6 is 11.8 Å². The molecule has 0 atom stereocenters.